The maximum absolute atomic E-state index is 13.8. The van der Waals surface area contributed by atoms with Gasteiger partial charge in [-0.3, -0.25) is 4.79 Å². The highest BCUT2D eigenvalue weighted by Crippen LogP contribution is 2.18. The maximum Gasteiger partial charge on any atom is 0.292 e. The van der Waals surface area contributed by atoms with Gasteiger partial charge in [-0.1, -0.05) is 11.6 Å². The second-order valence-electron chi connectivity index (χ2n) is 5.27. The molecule has 0 unspecified atom stereocenters. The Bertz CT molecular complexity index is 927. The molecule has 3 aromatic rings. The number of hydrogen-bond donors (Lipinski definition) is 1. The van der Waals surface area contributed by atoms with Crippen LogP contribution in [0.25, 0.3) is 5.69 Å². The predicted octanol–water partition coefficient (Wildman–Crippen LogP) is 2.86. The molecule has 2 aromatic heterocycles. The third-order valence-corrected chi connectivity index (χ3v) is 3.89. The highest BCUT2D eigenvalue weighted by molar-refractivity contribution is 6.32. The van der Waals surface area contributed by atoms with Crippen LogP contribution in [0.4, 0.5) is 14.5 Å². The SMILES string of the molecule is O=c1c(Cl)c(NCCCn2ccnc2)cnn1-c1ccc(F)cc1F. The number of aryl methyl sites for hydroxylation is 1. The van der Waals surface area contributed by atoms with E-state index in [2.05, 4.69) is 15.4 Å². The number of hydrogen-bond acceptors (Lipinski definition) is 4. The number of rotatable bonds is 6. The molecule has 25 heavy (non-hydrogen) atoms. The van der Waals surface area contributed by atoms with Gasteiger partial charge in [0.2, 0.25) is 0 Å². The highest BCUT2D eigenvalue weighted by Gasteiger charge is 2.13. The Labute approximate surface area is 146 Å². The molecule has 0 aliphatic rings. The Morgan fingerprint density at radius 2 is 2.12 bits per heavy atom. The first kappa shape index (κ1) is 17.1. The van der Waals surface area contributed by atoms with Gasteiger partial charge in [0.15, 0.2) is 5.82 Å². The lowest BCUT2D eigenvalue weighted by atomic mass is 10.3. The third kappa shape index (κ3) is 3.85. The average molecular weight is 366 g/mol. The van der Waals surface area contributed by atoms with Gasteiger partial charge in [-0.25, -0.2) is 13.8 Å². The zero-order valence-electron chi connectivity index (χ0n) is 13.0. The zero-order chi connectivity index (χ0) is 17.8. The van der Waals surface area contributed by atoms with E-state index in [-0.39, 0.29) is 10.7 Å². The van der Waals surface area contributed by atoms with E-state index >= 15 is 0 Å². The van der Waals surface area contributed by atoms with E-state index in [0.29, 0.717) is 18.3 Å². The molecule has 0 saturated heterocycles. The highest BCUT2D eigenvalue weighted by atomic mass is 35.5. The summed E-state index contributed by atoms with van der Waals surface area (Å²) in [6.45, 7) is 1.32. The monoisotopic (exact) mass is 365 g/mol. The molecule has 0 saturated carbocycles. The summed E-state index contributed by atoms with van der Waals surface area (Å²) in [6, 6.07) is 2.86. The molecule has 1 N–H and O–H groups in total. The van der Waals surface area contributed by atoms with Gasteiger partial charge >= 0.3 is 0 Å². The number of nitrogens with one attached hydrogen (secondary N) is 1. The summed E-state index contributed by atoms with van der Waals surface area (Å²) in [5.41, 5.74) is -0.497. The molecule has 0 bridgehead atoms. The van der Waals surface area contributed by atoms with Crippen molar-refractivity contribution in [1.82, 2.24) is 19.3 Å². The van der Waals surface area contributed by atoms with Crippen LogP contribution < -0.4 is 10.9 Å². The summed E-state index contributed by atoms with van der Waals surface area (Å²) < 4.78 is 29.5. The third-order valence-electron chi connectivity index (χ3n) is 3.52. The van der Waals surface area contributed by atoms with Crippen molar-refractivity contribution in [2.75, 3.05) is 11.9 Å². The Kier molecular flexibility index (Phi) is 5.08. The van der Waals surface area contributed by atoms with Crippen molar-refractivity contribution < 1.29 is 8.78 Å². The van der Waals surface area contributed by atoms with E-state index in [1.165, 1.54) is 6.20 Å². The molecule has 2 heterocycles. The number of halogens is 3. The lowest BCUT2D eigenvalue weighted by Crippen LogP contribution is -2.24. The van der Waals surface area contributed by atoms with Crippen LogP contribution in [0.15, 0.2) is 47.9 Å². The largest absolute Gasteiger partial charge is 0.382 e. The fraction of sp³-hybridized carbons (Fsp3) is 0.188. The molecule has 0 aliphatic carbocycles. The predicted molar refractivity (Wildman–Crippen MR) is 90.1 cm³/mol. The van der Waals surface area contributed by atoms with Crippen LogP contribution in [0, 0.1) is 11.6 Å². The van der Waals surface area contributed by atoms with Gasteiger partial charge in [0.05, 0.1) is 18.2 Å². The van der Waals surface area contributed by atoms with Gasteiger partial charge in [0.1, 0.15) is 16.5 Å². The van der Waals surface area contributed by atoms with Crippen molar-refractivity contribution in [1.29, 1.82) is 0 Å². The average Bonchev–Trinajstić information content (AvgIpc) is 3.09. The van der Waals surface area contributed by atoms with Gasteiger partial charge in [-0.15, -0.1) is 0 Å². The van der Waals surface area contributed by atoms with Crippen molar-refractivity contribution in [2.45, 2.75) is 13.0 Å². The molecule has 1 aromatic carbocycles. The van der Waals surface area contributed by atoms with Crippen LogP contribution in [-0.4, -0.2) is 25.9 Å². The standard InChI is InChI=1S/C16H14ClF2N5O/c17-15-13(21-4-1-6-23-7-5-20-10-23)9-22-24(16(15)25)14-3-2-11(18)8-12(14)19/h2-3,5,7-10,21H,1,4,6H2. The van der Waals surface area contributed by atoms with Gasteiger partial charge in [0, 0.05) is 31.5 Å². The second kappa shape index (κ2) is 7.43. The van der Waals surface area contributed by atoms with Crippen LogP contribution in [0.2, 0.25) is 5.02 Å². The molecule has 9 heteroatoms. The Morgan fingerprint density at radius 1 is 1.28 bits per heavy atom. The molecule has 0 aliphatic heterocycles. The van der Waals surface area contributed by atoms with Crippen LogP contribution >= 0.6 is 11.6 Å². The van der Waals surface area contributed by atoms with Crippen LogP contribution in [0.1, 0.15) is 6.42 Å². The van der Waals surface area contributed by atoms with E-state index in [9.17, 15) is 13.6 Å². The number of nitrogens with zero attached hydrogens (tertiary/aromatic N) is 4. The van der Waals surface area contributed by atoms with Gasteiger partial charge in [-0.05, 0) is 18.6 Å². The molecule has 0 radical (unpaired) electrons. The van der Waals surface area contributed by atoms with Crippen LogP contribution in [0.5, 0.6) is 0 Å². The number of anilines is 1. The minimum absolute atomic E-state index is 0.110. The van der Waals surface area contributed by atoms with Crippen LogP contribution in [0.3, 0.4) is 0 Å². The van der Waals surface area contributed by atoms with Crippen LogP contribution in [-0.2, 0) is 6.54 Å². The first-order valence-corrected chi connectivity index (χ1v) is 7.87. The molecule has 6 nitrogen and oxygen atoms in total. The lowest BCUT2D eigenvalue weighted by molar-refractivity contribution is 0.570. The van der Waals surface area contributed by atoms with Crippen molar-refractivity contribution in [3.63, 3.8) is 0 Å². The van der Waals surface area contributed by atoms with E-state index < -0.39 is 17.2 Å². The molecule has 0 amide bonds. The molecule has 3 rings (SSSR count). The van der Waals surface area contributed by atoms with Gasteiger partial charge in [-0.2, -0.15) is 9.78 Å². The smallest absolute Gasteiger partial charge is 0.292 e. The normalized spacial score (nSPS) is 10.8. The Balaban J connectivity index is 1.73. The first-order valence-electron chi connectivity index (χ1n) is 7.49. The quantitative estimate of drug-likeness (QED) is 0.682. The van der Waals surface area contributed by atoms with Crippen molar-refractivity contribution >= 4 is 17.3 Å². The van der Waals surface area contributed by atoms with Gasteiger partial charge < -0.3 is 9.88 Å². The van der Waals surface area contributed by atoms with Crippen molar-refractivity contribution in [3.05, 3.63) is 70.1 Å². The summed E-state index contributed by atoms with van der Waals surface area (Å²) in [4.78, 5) is 16.3. The van der Waals surface area contributed by atoms with Gasteiger partial charge in [0.25, 0.3) is 5.56 Å². The second-order valence-corrected chi connectivity index (χ2v) is 5.64. The molecule has 0 fully saturated rings. The van der Waals surface area contributed by atoms with E-state index in [1.807, 2.05) is 10.8 Å². The van der Waals surface area contributed by atoms with E-state index in [1.54, 1.807) is 12.5 Å². The fourth-order valence-corrected chi connectivity index (χ4v) is 2.48. The molecule has 0 atom stereocenters. The summed E-state index contributed by atoms with van der Waals surface area (Å²) in [7, 11) is 0. The summed E-state index contributed by atoms with van der Waals surface area (Å²) in [5, 5.41) is 6.82. The topological polar surface area (TPSA) is 64.7 Å². The Morgan fingerprint density at radius 3 is 2.84 bits per heavy atom. The van der Waals surface area contributed by atoms with Crippen molar-refractivity contribution in [3.8, 4) is 5.69 Å². The Hall–Kier alpha value is -2.74. The summed E-state index contributed by atoms with van der Waals surface area (Å²) >= 11 is 6.06. The molecular weight excluding hydrogens is 352 g/mol. The minimum Gasteiger partial charge on any atom is -0.382 e. The van der Waals surface area contributed by atoms with E-state index in [4.69, 9.17) is 11.6 Å². The van der Waals surface area contributed by atoms with Crippen molar-refractivity contribution in [2.24, 2.45) is 0 Å². The summed E-state index contributed by atoms with van der Waals surface area (Å²) in [6.07, 6.45) is 7.38. The number of aromatic nitrogens is 4. The zero-order valence-corrected chi connectivity index (χ0v) is 13.7. The molecular formula is C16H14ClF2N5O. The summed E-state index contributed by atoms with van der Waals surface area (Å²) in [5.74, 6) is -1.64. The molecule has 0 spiro atoms. The number of benzene rings is 1. The maximum atomic E-state index is 13.8. The fourth-order valence-electron chi connectivity index (χ4n) is 2.28. The minimum atomic E-state index is -0.897. The first-order chi connectivity index (χ1) is 12.1. The van der Waals surface area contributed by atoms with E-state index in [0.717, 1.165) is 29.8 Å². The number of imidazole rings is 1. The molecule has 130 valence electrons. The lowest BCUT2D eigenvalue weighted by Gasteiger charge is -2.11.